The molecule has 0 aliphatic carbocycles. The molecule has 0 aromatic heterocycles. The van der Waals surface area contributed by atoms with Crippen LogP contribution in [0.3, 0.4) is 0 Å². The summed E-state index contributed by atoms with van der Waals surface area (Å²) in [6, 6.07) is 2.04. The molecule has 1 aromatic carbocycles. The number of halogens is 3. The van der Waals surface area contributed by atoms with Crippen LogP contribution in [0, 0.1) is 24.0 Å². The Hall–Kier alpha value is -1.84. The zero-order chi connectivity index (χ0) is 15.0. The van der Waals surface area contributed by atoms with Gasteiger partial charge in [-0.3, -0.25) is 10.1 Å². The average molecular weight is 299 g/mol. The molecule has 0 N–H and O–H groups in total. The van der Waals surface area contributed by atoms with E-state index in [0.29, 0.717) is 5.56 Å². The first-order valence-electron chi connectivity index (χ1n) is 4.72. The second-order valence-electron chi connectivity index (χ2n) is 3.59. The molecule has 0 aliphatic rings. The van der Waals surface area contributed by atoms with Gasteiger partial charge in [-0.2, -0.15) is 21.6 Å². The van der Waals surface area contributed by atoms with E-state index < -0.39 is 32.0 Å². The highest BCUT2D eigenvalue weighted by Crippen LogP contribution is 2.36. The lowest BCUT2D eigenvalue weighted by Crippen LogP contribution is -2.28. The number of hydrogen-bond donors (Lipinski definition) is 0. The van der Waals surface area contributed by atoms with Crippen molar-refractivity contribution in [2.75, 3.05) is 0 Å². The normalized spacial score (nSPS) is 12.3. The van der Waals surface area contributed by atoms with Gasteiger partial charge in [0.1, 0.15) is 0 Å². The molecule has 0 aliphatic heterocycles. The minimum Gasteiger partial charge on any atom is -0.369 e. The standard InChI is InChI=1S/C9H8F3NO5S/c1-5-3-4-7(8(6(5)2)13(14)15)18-19(16,17)9(10,11)12/h3-4H,1-2H3. The van der Waals surface area contributed by atoms with Crippen LogP contribution in [0.1, 0.15) is 11.1 Å². The number of nitrogens with zero attached hydrogens (tertiary/aromatic N) is 1. The Morgan fingerprint density at radius 1 is 1.26 bits per heavy atom. The number of benzene rings is 1. The van der Waals surface area contributed by atoms with Gasteiger partial charge in [0.25, 0.3) is 0 Å². The van der Waals surface area contributed by atoms with E-state index in [9.17, 15) is 31.7 Å². The molecule has 0 atom stereocenters. The Labute approximate surface area is 106 Å². The molecule has 19 heavy (non-hydrogen) atoms. The summed E-state index contributed by atoms with van der Waals surface area (Å²) in [7, 11) is -5.94. The first-order valence-corrected chi connectivity index (χ1v) is 6.13. The molecule has 1 rings (SSSR count). The van der Waals surface area contributed by atoms with E-state index in [2.05, 4.69) is 4.18 Å². The third-order valence-electron chi connectivity index (χ3n) is 2.33. The van der Waals surface area contributed by atoms with Crippen molar-refractivity contribution < 1.29 is 30.7 Å². The highest BCUT2D eigenvalue weighted by Gasteiger charge is 2.49. The molecule has 10 heteroatoms. The van der Waals surface area contributed by atoms with Crippen molar-refractivity contribution in [2.24, 2.45) is 0 Å². The molecule has 0 radical (unpaired) electrons. The minimum atomic E-state index is -5.94. The molecule has 0 unspecified atom stereocenters. The second kappa shape index (κ2) is 4.68. The Kier molecular flexibility index (Phi) is 3.75. The Morgan fingerprint density at radius 2 is 1.79 bits per heavy atom. The van der Waals surface area contributed by atoms with Crippen LogP contribution in [0.15, 0.2) is 12.1 Å². The van der Waals surface area contributed by atoms with E-state index in [-0.39, 0.29) is 5.56 Å². The predicted octanol–water partition coefficient (Wildman–Crippen LogP) is 2.44. The summed E-state index contributed by atoms with van der Waals surface area (Å²) >= 11 is 0. The molecule has 1 aromatic rings. The molecular weight excluding hydrogens is 291 g/mol. The van der Waals surface area contributed by atoms with Gasteiger partial charge in [-0.25, -0.2) is 0 Å². The van der Waals surface area contributed by atoms with E-state index in [0.717, 1.165) is 6.07 Å². The van der Waals surface area contributed by atoms with Crippen LogP contribution in [0.4, 0.5) is 18.9 Å². The van der Waals surface area contributed by atoms with Gasteiger partial charge in [0.2, 0.25) is 5.75 Å². The number of hydrogen-bond acceptors (Lipinski definition) is 5. The van der Waals surface area contributed by atoms with Crippen molar-refractivity contribution in [1.82, 2.24) is 0 Å². The summed E-state index contributed by atoms with van der Waals surface area (Å²) in [6.07, 6.45) is 0. The van der Waals surface area contributed by atoms with Crippen LogP contribution < -0.4 is 4.18 Å². The number of nitro groups is 1. The monoisotopic (exact) mass is 299 g/mol. The highest BCUT2D eigenvalue weighted by molar-refractivity contribution is 7.88. The highest BCUT2D eigenvalue weighted by atomic mass is 32.2. The van der Waals surface area contributed by atoms with Crippen molar-refractivity contribution in [2.45, 2.75) is 19.4 Å². The Morgan fingerprint density at radius 3 is 2.21 bits per heavy atom. The summed E-state index contributed by atoms with van der Waals surface area (Å²) < 4.78 is 61.9. The summed E-state index contributed by atoms with van der Waals surface area (Å²) in [5.41, 5.74) is -6.02. The smallest absolute Gasteiger partial charge is 0.369 e. The fraction of sp³-hybridized carbons (Fsp3) is 0.333. The predicted molar refractivity (Wildman–Crippen MR) is 58.2 cm³/mol. The van der Waals surface area contributed by atoms with Crippen LogP contribution >= 0.6 is 0 Å². The number of alkyl halides is 3. The number of nitro benzene ring substituents is 1. The molecule has 106 valence electrons. The third kappa shape index (κ3) is 2.95. The summed E-state index contributed by atoms with van der Waals surface area (Å²) in [5, 5.41) is 10.8. The molecule has 6 nitrogen and oxygen atoms in total. The van der Waals surface area contributed by atoms with E-state index in [1.165, 1.54) is 19.9 Å². The van der Waals surface area contributed by atoms with Crippen LogP contribution in [0.2, 0.25) is 0 Å². The molecule has 0 fully saturated rings. The van der Waals surface area contributed by atoms with Gasteiger partial charge in [0, 0.05) is 5.56 Å². The van der Waals surface area contributed by atoms with E-state index in [1.54, 1.807) is 0 Å². The zero-order valence-electron chi connectivity index (χ0n) is 9.69. The van der Waals surface area contributed by atoms with E-state index >= 15 is 0 Å². The fourth-order valence-corrected chi connectivity index (χ4v) is 1.70. The van der Waals surface area contributed by atoms with Crippen molar-refractivity contribution in [3.05, 3.63) is 33.4 Å². The average Bonchev–Trinajstić information content (AvgIpc) is 2.21. The van der Waals surface area contributed by atoms with Crippen LogP contribution in [-0.2, 0) is 10.1 Å². The van der Waals surface area contributed by atoms with Gasteiger partial charge in [0.05, 0.1) is 4.92 Å². The number of rotatable bonds is 3. The molecule has 0 spiro atoms. The van der Waals surface area contributed by atoms with Crippen LogP contribution in [0.25, 0.3) is 0 Å². The Bertz CT molecular complexity index is 623. The summed E-state index contributed by atoms with van der Waals surface area (Å²) in [6.45, 7) is 2.77. The van der Waals surface area contributed by atoms with E-state index in [1.807, 2.05) is 0 Å². The number of aryl methyl sites for hydroxylation is 1. The first-order chi connectivity index (χ1) is 8.47. The third-order valence-corrected chi connectivity index (χ3v) is 3.30. The topological polar surface area (TPSA) is 86.5 Å². The minimum absolute atomic E-state index is 0.0277. The second-order valence-corrected chi connectivity index (χ2v) is 5.13. The van der Waals surface area contributed by atoms with Crippen LogP contribution in [-0.4, -0.2) is 18.8 Å². The van der Waals surface area contributed by atoms with Gasteiger partial charge < -0.3 is 4.18 Å². The fourth-order valence-electron chi connectivity index (χ4n) is 1.24. The maximum Gasteiger partial charge on any atom is 0.534 e. The summed E-state index contributed by atoms with van der Waals surface area (Å²) in [4.78, 5) is 9.78. The quantitative estimate of drug-likeness (QED) is 0.370. The SMILES string of the molecule is Cc1ccc(OS(=O)(=O)C(F)(F)F)c([N+](=O)[O-])c1C. The van der Waals surface area contributed by atoms with Crippen molar-refractivity contribution in [3.8, 4) is 5.75 Å². The van der Waals surface area contributed by atoms with Crippen LogP contribution in [0.5, 0.6) is 5.75 Å². The molecular formula is C9H8F3NO5S. The van der Waals surface area contributed by atoms with Gasteiger partial charge in [-0.1, -0.05) is 6.07 Å². The maximum absolute atomic E-state index is 12.1. The maximum atomic E-state index is 12.1. The lowest BCUT2D eigenvalue weighted by Gasteiger charge is -2.11. The lowest BCUT2D eigenvalue weighted by molar-refractivity contribution is -0.386. The largest absolute Gasteiger partial charge is 0.534 e. The molecule has 0 saturated heterocycles. The van der Waals surface area contributed by atoms with Gasteiger partial charge in [0.15, 0.2) is 0 Å². The van der Waals surface area contributed by atoms with E-state index in [4.69, 9.17) is 0 Å². The zero-order valence-corrected chi connectivity index (χ0v) is 10.5. The van der Waals surface area contributed by atoms with Crippen molar-refractivity contribution >= 4 is 15.8 Å². The molecule has 0 bridgehead atoms. The van der Waals surface area contributed by atoms with Crippen molar-refractivity contribution in [1.29, 1.82) is 0 Å². The van der Waals surface area contributed by atoms with Gasteiger partial charge in [-0.05, 0) is 25.5 Å². The van der Waals surface area contributed by atoms with Gasteiger partial charge >= 0.3 is 21.3 Å². The Balaban J connectivity index is 3.39. The first kappa shape index (κ1) is 15.2. The molecule has 0 heterocycles. The molecule has 0 amide bonds. The lowest BCUT2D eigenvalue weighted by atomic mass is 10.1. The van der Waals surface area contributed by atoms with Gasteiger partial charge in [-0.15, -0.1) is 0 Å². The summed E-state index contributed by atoms with van der Waals surface area (Å²) in [5.74, 6) is -0.967. The van der Waals surface area contributed by atoms with Crippen molar-refractivity contribution in [3.63, 3.8) is 0 Å². The molecule has 0 saturated carbocycles.